The zero-order chi connectivity index (χ0) is 21.4. The minimum absolute atomic E-state index is 0.0125. The third kappa shape index (κ3) is 6.90. The van der Waals surface area contributed by atoms with Gasteiger partial charge in [0.05, 0.1) is 12.0 Å². The van der Waals surface area contributed by atoms with Crippen LogP contribution in [0.5, 0.6) is 5.75 Å². The van der Waals surface area contributed by atoms with Crippen molar-refractivity contribution in [3.63, 3.8) is 0 Å². The lowest BCUT2D eigenvalue weighted by atomic mass is 10.1. The number of nitrogens with zero attached hydrogens (tertiary/aromatic N) is 1. The second kappa shape index (κ2) is 10.1. The van der Waals surface area contributed by atoms with Gasteiger partial charge in [0.2, 0.25) is 0 Å². The van der Waals surface area contributed by atoms with E-state index in [0.29, 0.717) is 17.4 Å². The highest BCUT2D eigenvalue weighted by molar-refractivity contribution is 7.92. The van der Waals surface area contributed by atoms with E-state index in [2.05, 4.69) is 29.1 Å². The van der Waals surface area contributed by atoms with Gasteiger partial charge in [-0.3, -0.25) is 9.52 Å². The molecule has 0 atom stereocenters. The number of carbonyl (C=O) groups is 1. The Morgan fingerprint density at radius 1 is 1.14 bits per heavy atom. The molecule has 1 amide bonds. The standard InChI is InChI=1S/C21H27N3O4S/c1-15(2)8-9-16(3)22-23-21(25)17-6-5-7-20(14-17)29(26,27)24-18-10-12-19(28-4)13-11-18/h5-7,10-15,24H,8-9H2,1-4H3,(H,23,25)/b22-16-. The third-order valence-electron chi connectivity index (χ3n) is 4.18. The van der Waals surface area contributed by atoms with Crippen molar-refractivity contribution in [1.29, 1.82) is 0 Å². The molecular weight excluding hydrogens is 390 g/mol. The Bertz CT molecular complexity index is 968. The normalized spacial score (nSPS) is 12.0. The Morgan fingerprint density at radius 3 is 2.45 bits per heavy atom. The van der Waals surface area contributed by atoms with Crippen LogP contribution in [0.2, 0.25) is 0 Å². The van der Waals surface area contributed by atoms with Gasteiger partial charge in [-0.2, -0.15) is 5.10 Å². The number of hydrogen-bond donors (Lipinski definition) is 2. The molecule has 0 aliphatic carbocycles. The molecule has 0 bridgehead atoms. The fraction of sp³-hybridized carbons (Fsp3) is 0.333. The first kappa shape index (κ1) is 22.4. The van der Waals surface area contributed by atoms with Crippen LogP contribution >= 0.6 is 0 Å². The van der Waals surface area contributed by atoms with Gasteiger partial charge in [-0.25, -0.2) is 13.8 Å². The number of hydrogen-bond acceptors (Lipinski definition) is 5. The van der Waals surface area contributed by atoms with Gasteiger partial charge >= 0.3 is 0 Å². The predicted octanol–water partition coefficient (Wildman–Crippen LogP) is 4.04. The van der Waals surface area contributed by atoms with E-state index in [1.165, 1.54) is 25.3 Å². The maximum atomic E-state index is 12.6. The second-order valence-corrected chi connectivity index (χ2v) is 8.76. The van der Waals surface area contributed by atoms with Crippen LogP contribution in [0.3, 0.4) is 0 Å². The van der Waals surface area contributed by atoms with Crippen molar-refractivity contribution < 1.29 is 17.9 Å². The fourth-order valence-electron chi connectivity index (χ4n) is 2.44. The monoisotopic (exact) mass is 417 g/mol. The molecule has 29 heavy (non-hydrogen) atoms. The molecule has 0 aromatic heterocycles. The van der Waals surface area contributed by atoms with E-state index in [-0.39, 0.29) is 10.5 Å². The summed E-state index contributed by atoms with van der Waals surface area (Å²) in [4.78, 5) is 12.3. The Hall–Kier alpha value is -2.87. The molecule has 0 saturated carbocycles. The van der Waals surface area contributed by atoms with E-state index >= 15 is 0 Å². The second-order valence-electron chi connectivity index (χ2n) is 7.08. The molecule has 2 N–H and O–H groups in total. The fourth-order valence-corrected chi connectivity index (χ4v) is 3.55. The molecule has 0 heterocycles. The smallest absolute Gasteiger partial charge is 0.271 e. The van der Waals surface area contributed by atoms with E-state index in [9.17, 15) is 13.2 Å². The lowest BCUT2D eigenvalue weighted by molar-refractivity contribution is 0.0954. The summed E-state index contributed by atoms with van der Waals surface area (Å²) in [5, 5.41) is 4.09. The molecule has 2 rings (SSSR count). The summed E-state index contributed by atoms with van der Waals surface area (Å²) in [5.41, 5.74) is 3.91. The topological polar surface area (TPSA) is 96.9 Å². The average Bonchev–Trinajstić information content (AvgIpc) is 2.70. The van der Waals surface area contributed by atoms with Crippen LogP contribution in [0.4, 0.5) is 5.69 Å². The number of ether oxygens (including phenoxy) is 1. The van der Waals surface area contributed by atoms with Crippen molar-refractivity contribution in [3.8, 4) is 5.75 Å². The SMILES string of the molecule is COc1ccc(NS(=O)(=O)c2cccc(C(=O)N/N=C(/C)CCC(C)C)c2)cc1. The van der Waals surface area contributed by atoms with Crippen LogP contribution in [0, 0.1) is 5.92 Å². The van der Waals surface area contributed by atoms with Crippen molar-refractivity contribution in [2.24, 2.45) is 11.0 Å². The number of hydrazone groups is 1. The maximum absolute atomic E-state index is 12.6. The first-order chi connectivity index (χ1) is 13.7. The number of rotatable bonds is 9. The Kier molecular flexibility index (Phi) is 7.78. The van der Waals surface area contributed by atoms with Gasteiger partial charge in [0, 0.05) is 17.0 Å². The van der Waals surface area contributed by atoms with Crippen LogP contribution in [0.15, 0.2) is 58.5 Å². The van der Waals surface area contributed by atoms with Crippen molar-refractivity contribution in [2.45, 2.75) is 38.5 Å². The van der Waals surface area contributed by atoms with Gasteiger partial charge in [-0.1, -0.05) is 19.9 Å². The molecule has 0 unspecified atom stereocenters. The molecular formula is C21H27N3O4S. The lowest BCUT2D eigenvalue weighted by Gasteiger charge is -2.10. The van der Waals surface area contributed by atoms with E-state index in [1.54, 1.807) is 30.3 Å². The zero-order valence-electron chi connectivity index (χ0n) is 17.1. The summed E-state index contributed by atoms with van der Waals surface area (Å²) >= 11 is 0. The van der Waals surface area contributed by atoms with Crippen molar-refractivity contribution in [1.82, 2.24) is 5.43 Å². The molecule has 0 fully saturated rings. The molecule has 2 aromatic rings. The molecule has 0 saturated heterocycles. The number of benzene rings is 2. The molecule has 0 aliphatic heterocycles. The number of sulfonamides is 1. The van der Waals surface area contributed by atoms with Gasteiger partial charge in [0.1, 0.15) is 5.75 Å². The molecule has 2 aromatic carbocycles. The molecule has 0 spiro atoms. The molecule has 0 aliphatic rings. The van der Waals surface area contributed by atoms with Crippen LogP contribution in [-0.4, -0.2) is 27.1 Å². The van der Waals surface area contributed by atoms with Gasteiger partial charge in [-0.15, -0.1) is 0 Å². The molecule has 8 heteroatoms. The quantitative estimate of drug-likeness (QED) is 0.475. The van der Waals surface area contributed by atoms with E-state index in [4.69, 9.17) is 4.74 Å². The van der Waals surface area contributed by atoms with E-state index in [0.717, 1.165) is 18.6 Å². The number of amides is 1. The summed E-state index contributed by atoms with van der Waals surface area (Å²) in [6, 6.07) is 12.3. The summed E-state index contributed by atoms with van der Waals surface area (Å²) in [7, 11) is -2.31. The first-order valence-corrected chi connectivity index (χ1v) is 10.8. The van der Waals surface area contributed by atoms with Gasteiger partial charge in [0.25, 0.3) is 15.9 Å². The van der Waals surface area contributed by atoms with E-state index < -0.39 is 15.9 Å². The minimum atomic E-state index is -3.84. The summed E-state index contributed by atoms with van der Waals surface area (Å²) < 4.78 is 32.8. The summed E-state index contributed by atoms with van der Waals surface area (Å²) in [6.07, 6.45) is 1.77. The lowest BCUT2D eigenvalue weighted by Crippen LogP contribution is -2.20. The average molecular weight is 418 g/mol. The Balaban J connectivity index is 2.10. The highest BCUT2D eigenvalue weighted by Gasteiger charge is 2.16. The van der Waals surface area contributed by atoms with Crippen molar-refractivity contribution >= 4 is 27.3 Å². The Morgan fingerprint density at radius 2 is 1.83 bits per heavy atom. The van der Waals surface area contributed by atoms with Gasteiger partial charge in [-0.05, 0) is 68.1 Å². The summed E-state index contributed by atoms with van der Waals surface area (Å²) in [6.45, 7) is 6.10. The number of carbonyl (C=O) groups excluding carboxylic acids is 1. The highest BCUT2D eigenvalue weighted by Crippen LogP contribution is 2.20. The summed E-state index contributed by atoms with van der Waals surface area (Å²) in [5.74, 6) is 0.710. The van der Waals surface area contributed by atoms with Crippen LogP contribution < -0.4 is 14.9 Å². The van der Waals surface area contributed by atoms with E-state index in [1.807, 2.05) is 6.92 Å². The van der Waals surface area contributed by atoms with Crippen LogP contribution in [0.1, 0.15) is 44.0 Å². The predicted molar refractivity (Wildman–Crippen MR) is 115 cm³/mol. The van der Waals surface area contributed by atoms with Gasteiger partial charge < -0.3 is 4.74 Å². The van der Waals surface area contributed by atoms with Crippen LogP contribution in [0.25, 0.3) is 0 Å². The van der Waals surface area contributed by atoms with Crippen molar-refractivity contribution in [3.05, 3.63) is 54.1 Å². The maximum Gasteiger partial charge on any atom is 0.271 e. The minimum Gasteiger partial charge on any atom is -0.497 e. The van der Waals surface area contributed by atoms with Crippen molar-refractivity contribution in [2.75, 3.05) is 11.8 Å². The third-order valence-corrected chi connectivity index (χ3v) is 5.56. The molecule has 156 valence electrons. The molecule has 0 radical (unpaired) electrons. The molecule has 7 nitrogen and oxygen atoms in total. The number of nitrogens with one attached hydrogen (secondary N) is 2. The first-order valence-electron chi connectivity index (χ1n) is 9.31. The van der Waals surface area contributed by atoms with Crippen LogP contribution in [-0.2, 0) is 10.0 Å². The van der Waals surface area contributed by atoms with Gasteiger partial charge in [0.15, 0.2) is 0 Å². The highest BCUT2D eigenvalue weighted by atomic mass is 32.2. The Labute approximate surface area is 172 Å². The largest absolute Gasteiger partial charge is 0.497 e. The zero-order valence-corrected chi connectivity index (χ0v) is 17.9. The number of anilines is 1. The number of methoxy groups -OCH3 is 1.